The summed E-state index contributed by atoms with van der Waals surface area (Å²) in [5.74, 6) is 0. The fourth-order valence-electron chi connectivity index (χ4n) is 2.70. The van der Waals surface area contributed by atoms with Crippen molar-refractivity contribution >= 4 is 21.4 Å². The highest BCUT2D eigenvalue weighted by atomic mass is 32.2. The lowest BCUT2D eigenvalue weighted by atomic mass is 10.1. The Morgan fingerprint density at radius 2 is 1.90 bits per heavy atom. The highest BCUT2D eigenvalue weighted by molar-refractivity contribution is 7.91. The van der Waals surface area contributed by atoms with E-state index in [-0.39, 0.29) is 6.04 Å². The molecule has 1 aliphatic heterocycles. The Balaban J connectivity index is 1.97. The first-order valence-corrected chi connectivity index (χ1v) is 8.98. The number of thiophene rings is 1. The quantitative estimate of drug-likeness (QED) is 0.869. The van der Waals surface area contributed by atoms with Crippen LogP contribution in [0.2, 0.25) is 0 Å². The van der Waals surface area contributed by atoms with E-state index >= 15 is 0 Å². The molecule has 20 heavy (non-hydrogen) atoms. The molecule has 0 radical (unpaired) electrons. The van der Waals surface area contributed by atoms with Crippen LogP contribution in [0.1, 0.15) is 29.3 Å². The van der Waals surface area contributed by atoms with Crippen LogP contribution in [0.5, 0.6) is 0 Å². The van der Waals surface area contributed by atoms with Crippen LogP contribution in [-0.2, 0) is 10.0 Å². The van der Waals surface area contributed by atoms with Crippen molar-refractivity contribution in [1.29, 1.82) is 0 Å². The molecule has 0 aliphatic carbocycles. The van der Waals surface area contributed by atoms with Crippen LogP contribution in [0.4, 0.5) is 0 Å². The van der Waals surface area contributed by atoms with Crippen LogP contribution in [0.25, 0.3) is 0 Å². The number of hydrogen-bond acceptors (Lipinski definition) is 3. The highest BCUT2D eigenvalue weighted by Crippen LogP contribution is 2.37. The number of sulfonamides is 1. The van der Waals surface area contributed by atoms with Gasteiger partial charge >= 0.3 is 0 Å². The third-order valence-corrected chi connectivity index (χ3v) is 7.04. The smallest absolute Gasteiger partial charge is 0.206 e. The average Bonchev–Trinajstić information content (AvgIpc) is 3.08. The third-order valence-electron chi connectivity index (χ3n) is 3.67. The van der Waals surface area contributed by atoms with Crippen molar-refractivity contribution in [3.05, 3.63) is 52.9 Å². The monoisotopic (exact) mass is 307 g/mol. The number of benzene rings is 1. The Morgan fingerprint density at radius 3 is 2.55 bits per heavy atom. The number of nitrogens with zero attached hydrogens (tertiary/aromatic N) is 1. The molecule has 106 valence electrons. The lowest BCUT2D eigenvalue weighted by Gasteiger charge is -2.23. The van der Waals surface area contributed by atoms with Gasteiger partial charge in [-0.15, -0.1) is 11.3 Å². The molecule has 0 N–H and O–H groups in total. The van der Waals surface area contributed by atoms with Gasteiger partial charge in [-0.1, -0.05) is 30.3 Å². The maximum Gasteiger partial charge on any atom is 0.253 e. The van der Waals surface area contributed by atoms with Gasteiger partial charge in [-0.25, -0.2) is 8.42 Å². The van der Waals surface area contributed by atoms with Gasteiger partial charge in [-0.3, -0.25) is 0 Å². The Hall–Kier alpha value is -1.17. The molecule has 1 aromatic carbocycles. The van der Waals surface area contributed by atoms with E-state index in [1.54, 1.807) is 10.4 Å². The van der Waals surface area contributed by atoms with Crippen LogP contribution >= 0.6 is 11.3 Å². The van der Waals surface area contributed by atoms with E-state index in [0.29, 0.717) is 10.8 Å². The van der Waals surface area contributed by atoms with Gasteiger partial charge in [0.1, 0.15) is 4.21 Å². The second-order valence-electron chi connectivity index (χ2n) is 5.05. The topological polar surface area (TPSA) is 37.4 Å². The maximum atomic E-state index is 12.8. The molecule has 1 aliphatic rings. The summed E-state index contributed by atoms with van der Waals surface area (Å²) in [6.45, 7) is 2.54. The second-order valence-corrected chi connectivity index (χ2v) is 8.45. The van der Waals surface area contributed by atoms with E-state index in [9.17, 15) is 8.42 Å². The molecule has 1 aromatic heterocycles. The van der Waals surface area contributed by atoms with Crippen molar-refractivity contribution in [2.24, 2.45) is 0 Å². The molecule has 5 heteroatoms. The van der Waals surface area contributed by atoms with Crippen molar-refractivity contribution in [2.45, 2.75) is 30.0 Å². The molecule has 1 saturated heterocycles. The van der Waals surface area contributed by atoms with E-state index in [2.05, 4.69) is 0 Å². The molecule has 1 fully saturated rings. The number of hydrogen-bond donors (Lipinski definition) is 0. The van der Waals surface area contributed by atoms with Gasteiger partial charge in [0.15, 0.2) is 0 Å². The molecule has 0 saturated carbocycles. The highest BCUT2D eigenvalue weighted by Gasteiger charge is 2.36. The first kappa shape index (κ1) is 13.8. The van der Waals surface area contributed by atoms with Gasteiger partial charge in [0.2, 0.25) is 0 Å². The molecule has 0 bridgehead atoms. The van der Waals surface area contributed by atoms with Crippen LogP contribution in [0.3, 0.4) is 0 Å². The maximum absolute atomic E-state index is 12.8. The van der Waals surface area contributed by atoms with Gasteiger partial charge in [0.25, 0.3) is 10.0 Å². The standard InChI is InChI=1S/C15H17NO2S2/c1-12-9-10-15(19-12)20(17,18)16-11-5-8-14(16)13-6-3-2-4-7-13/h2-4,6-7,9-10,14H,5,8,11H2,1H3. The minimum absolute atomic E-state index is 0.0244. The fourth-order valence-corrected chi connectivity index (χ4v) is 5.80. The summed E-state index contributed by atoms with van der Waals surface area (Å²) in [5, 5.41) is 0. The van der Waals surface area contributed by atoms with E-state index in [0.717, 1.165) is 23.3 Å². The largest absolute Gasteiger partial charge is 0.253 e. The average molecular weight is 307 g/mol. The second kappa shape index (κ2) is 5.31. The summed E-state index contributed by atoms with van der Waals surface area (Å²) >= 11 is 1.35. The van der Waals surface area contributed by atoms with Crippen molar-refractivity contribution in [3.63, 3.8) is 0 Å². The molecule has 0 amide bonds. The molecule has 3 rings (SSSR count). The zero-order valence-electron chi connectivity index (χ0n) is 11.3. The number of rotatable bonds is 3. The van der Waals surface area contributed by atoms with Crippen LogP contribution < -0.4 is 0 Å². The zero-order chi connectivity index (χ0) is 14.2. The van der Waals surface area contributed by atoms with Crippen molar-refractivity contribution in [2.75, 3.05) is 6.54 Å². The lowest BCUT2D eigenvalue weighted by molar-refractivity contribution is 0.398. The van der Waals surface area contributed by atoms with Gasteiger partial charge in [0, 0.05) is 11.4 Å². The summed E-state index contributed by atoms with van der Waals surface area (Å²) in [6, 6.07) is 13.5. The Bertz CT molecular complexity index is 692. The molecule has 3 nitrogen and oxygen atoms in total. The van der Waals surface area contributed by atoms with Gasteiger partial charge < -0.3 is 0 Å². The summed E-state index contributed by atoms with van der Waals surface area (Å²) in [7, 11) is -3.36. The SMILES string of the molecule is Cc1ccc(S(=O)(=O)N2CCCC2c2ccccc2)s1. The molecule has 2 aromatic rings. The summed E-state index contributed by atoms with van der Waals surface area (Å²) in [4.78, 5) is 1.03. The van der Waals surface area contributed by atoms with E-state index in [1.165, 1.54) is 11.3 Å². The Morgan fingerprint density at radius 1 is 1.15 bits per heavy atom. The molecule has 2 heterocycles. The van der Waals surface area contributed by atoms with Gasteiger partial charge in [-0.05, 0) is 37.5 Å². The lowest BCUT2D eigenvalue weighted by Crippen LogP contribution is -2.30. The van der Waals surface area contributed by atoms with E-state index in [4.69, 9.17) is 0 Å². The Labute approximate surface area is 123 Å². The Kier molecular flexibility index (Phi) is 3.67. The predicted molar refractivity (Wildman–Crippen MR) is 81.4 cm³/mol. The normalized spacial score (nSPS) is 20.4. The van der Waals surface area contributed by atoms with Crippen LogP contribution in [0.15, 0.2) is 46.7 Å². The van der Waals surface area contributed by atoms with Crippen LogP contribution in [-0.4, -0.2) is 19.3 Å². The predicted octanol–water partition coefficient (Wildman–Crippen LogP) is 3.58. The molecule has 1 unspecified atom stereocenters. The number of aryl methyl sites for hydroxylation is 1. The third kappa shape index (κ3) is 2.41. The summed E-state index contributed by atoms with van der Waals surface area (Å²) in [5.41, 5.74) is 1.09. The van der Waals surface area contributed by atoms with E-state index in [1.807, 2.05) is 43.3 Å². The van der Waals surface area contributed by atoms with E-state index < -0.39 is 10.0 Å². The van der Waals surface area contributed by atoms with Crippen molar-refractivity contribution in [3.8, 4) is 0 Å². The van der Waals surface area contributed by atoms with Crippen molar-refractivity contribution in [1.82, 2.24) is 4.31 Å². The minimum atomic E-state index is -3.36. The minimum Gasteiger partial charge on any atom is -0.206 e. The van der Waals surface area contributed by atoms with Crippen LogP contribution in [0, 0.1) is 6.92 Å². The summed E-state index contributed by atoms with van der Waals surface area (Å²) in [6.07, 6.45) is 1.82. The first-order valence-electron chi connectivity index (χ1n) is 6.72. The summed E-state index contributed by atoms with van der Waals surface area (Å²) < 4.78 is 27.7. The fraction of sp³-hybridized carbons (Fsp3) is 0.333. The first-order chi connectivity index (χ1) is 9.59. The van der Waals surface area contributed by atoms with Gasteiger partial charge in [-0.2, -0.15) is 4.31 Å². The van der Waals surface area contributed by atoms with Crippen molar-refractivity contribution < 1.29 is 8.42 Å². The zero-order valence-corrected chi connectivity index (χ0v) is 13.0. The molecular weight excluding hydrogens is 290 g/mol. The molecule has 0 spiro atoms. The molecular formula is C15H17NO2S2. The molecule has 1 atom stereocenters. The van der Waals surface area contributed by atoms with Gasteiger partial charge in [0.05, 0.1) is 6.04 Å².